The van der Waals surface area contributed by atoms with Gasteiger partial charge in [0, 0.05) is 5.56 Å². The molecule has 0 saturated carbocycles. The summed E-state index contributed by atoms with van der Waals surface area (Å²) < 4.78 is 10.4. The van der Waals surface area contributed by atoms with Crippen LogP contribution in [-0.4, -0.2) is 32.0 Å². The van der Waals surface area contributed by atoms with Crippen LogP contribution in [0.15, 0.2) is 18.2 Å². The van der Waals surface area contributed by atoms with E-state index >= 15 is 0 Å². The first-order chi connectivity index (χ1) is 9.08. The van der Waals surface area contributed by atoms with Crippen molar-refractivity contribution in [2.45, 2.75) is 6.92 Å². The normalized spacial score (nSPS) is 9.32. The van der Waals surface area contributed by atoms with E-state index in [1.807, 2.05) is 0 Å². The molecular formula is C13H14N2O4. The molecule has 6 heteroatoms. The lowest BCUT2D eigenvalue weighted by molar-refractivity contribution is -0.122. The molecule has 0 aliphatic carbocycles. The Bertz CT molecular complexity index is 520. The van der Waals surface area contributed by atoms with Crippen molar-refractivity contribution in [2.75, 3.05) is 20.3 Å². The van der Waals surface area contributed by atoms with E-state index in [-0.39, 0.29) is 18.9 Å². The molecule has 0 saturated heterocycles. The molecule has 1 aromatic rings. The number of methoxy groups -OCH3 is 1. The molecule has 0 aromatic heterocycles. The molecule has 0 aliphatic rings. The molecule has 0 aliphatic heterocycles. The minimum absolute atomic E-state index is 0.0669. The Balaban J connectivity index is 2.71. The second kappa shape index (κ2) is 7.01. The maximum absolute atomic E-state index is 11.3. The zero-order valence-electron chi connectivity index (χ0n) is 10.7. The highest BCUT2D eigenvalue weighted by molar-refractivity contribution is 5.94. The average molecular weight is 262 g/mol. The van der Waals surface area contributed by atoms with Crippen molar-refractivity contribution in [1.82, 2.24) is 5.32 Å². The Morgan fingerprint density at radius 2 is 2.11 bits per heavy atom. The number of nitriles is 1. The lowest BCUT2D eigenvalue weighted by Crippen LogP contribution is -2.29. The molecule has 0 radical (unpaired) electrons. The minimum Gasteiger partial charge on any atom is -0.493 e. The molecule has 0 heterocycles. The van der Waals surface area contributed by atoms with E-state index < -0.39 is 5.91 Å². The number of carbonyl (C=O) groups excluding carboxylic acids is 2. The van der Waals surface area contributed by atoms with Crippen LogP contribution in [0.4, 0.5) is 0 Å². The van der Waals surface area contributed by atoms with Crippen molar-refractivity contribution in [2.24, 2.45) is 0 Å². The zero-order valence-corrected chi connectivity index (χ0v) is 10.7. The summed E-state index contributed by atoms with van der Waals surface area (Å²) in [5.41, 5.74) is 0.498. The van der Waals surface area contributed by atoms with E-state index in [1.54, 1.807) is 24.3 Å². The Labute approximate surface area is 110 Å². The fourth-order valence-electron chi connectivity index (χ4n) is 1.34. The van der Waals surface area contributed by atoms with Gasteiger partial charge in [-0.1, -0.05) is 0 Å². The number of benzene rings is 1. The van der Waals surface area contributed by atoms with Gasteiger partial charge in [-0.05, 0) is 25.1 Å². The lowest BCUT2D eigenvalue weighted by atomic mass is 10.1. The van der Waals surface area contributed by atoms with Gasteiger partial charge in [-0.15, -0.1) is 0 Å². The van der Waals surface area contributed by atoms with Crippen LogP contribution in [-0.2, 0) is 4.79 Å². The summed E-state index contributed by atoms with van der Waals surface area (Å²) in [7, 11) is 1.45. The molecular weight excluding hydrogens is 248 g/mol. The third-order valence-corrected chi connectivity index (χ3v) is 2.29. The first-order valence-corrected chi connectivity index (χ1v) is 5.54. The van der Waals surface area contributed by atoms with Crippen LogP contribution in [0.25, 0.3) is 0 Å². The molecule has 0 spiro atoms. The van der Waals surface area contributed by atoms with E-state index in [0.29, 0.717) is 17.1 Å². The Morgan fingerprint density at radius 1 is 1.37 bits per heavy atom. The zero-order chi connectivity index (χ0) is 14.3. The number of ketones is 1. The standard InChI is InChI=1S/C13H14N2O4/c1-9(16)10-3-4-11(12(7-10)18-2)19-8-13(17)15-6-5-14/h3-4,7H,6,8H2,1-2H3,(H,15,17). The first-order valence-electron chi connectivity index (χ1n) is 5.54. The Hall–Kier alpha value is -2.55. The fourth-order valence-corrected chi connectivity index (χ4v) is 1.34. The second-order valence-corrected chi connectivity index (χ2v) is 3.65. The van der Waals surface area contributed by atoms with E-state index in [1.165, 1.54) is 14.0 Å². The largest absolute Gasteiger partial charge is 0.493 e. The van der Waals surface area contributed by atoms with Gasteiger partial charge in [0.2, 0.25) is 0 Å². The number of hydrogen-bond donors (Lipinski definition) is 1. The third-order valence-electron chi connectivity index (χ3n) is 2.29. The Morgan fingerprint density at radius 3 is 2.68 bits per heavy atom. The average Bonchev–Trinajstić information content (AvgIpc) is 2.42. The molecule has 0 bridgehead atoms. The summed E-state index contributed by atoms with van der Waals surface area (Å²) >= 11 is 0. The van der Waals surface area contributed by atoms with Crippen LogP contribution in [0, 0.1) is 11.3 Å². The topological polar surface area (TPSA) is 88.4 Å². The Kier molecular flexibility index (Phi) is 5.35. The van der Waals surface area contributed by atoms with Crippen molar-refractivity contribution >= 4 is 11.7 Å². The lowest BCUT2D eigenvalue weighted by Gasteiger charge is -2.11. The molecule has 0 atom stereocenters. The van der Waals surface area contributed by atoms with Crippen LogP contribution >= 0.6 is 0 Å². The number of ether oxygens (including phenoxy) is 2. The van der Waals surface area contributed by atoms with Crippen LogP contribution in [0.1, 0.15) is 17.3 Å². The number of nitrogens with one attached hydrogen (secondary N) is 1. The summed E-state index contributed by atoms with van der Waals surface area (Å²) in [5, 5.41) is 10.7. The van der Waals surface area contributed by atoms with Gasteiger partial charge >= 0.3 is 0 Å². The van der Waals surface area contributed by atoms with Crippen LogP contribution in [0.3, 0.4) is 0 Å². The number of Topliss-reactive ketones (excluding diaryl/α,β-unsaturated/α-hetero) is 1. The summed E-state index contributed by atoms with van der Waals surface area (Å²) in [5.74, 6) is 0.247. The number of hydrogen-bond acceptors (Lipinski definition) is 5. The van der Waals surface area contributed by atoms with Gasteiger partial charge in [-0.25, -0.2) is 0 Å². The summed E-state index contributed by atoms with van der Waals surface area (Å²) in [6.07, 6.45) is 0. The monoisotopic (exact) mass is 262 g/mol. The van der Waals surface area contributed by atoms with Gasteiger partial charge in [-0.2, -0.15) is 5.26 Å². The summed E-state index contributed by atoms with van der Waals surface area (Å²) in [4.78, 5) is 22.5. The van der Waals surface area contributed by atoms with E-state index in [4.69, 9.17) is 14.7 Å². The number of amides is 1. The van der Waals surface area contributed by atoms with E-state index in [2.05, 4.69) is 5.32 Å². The van der Waals surface area contributed by atoms with Gasteiger partial charge in [-0.3, -0.25) is 9.59 Å². The van der Waals surface area contributed by atoms with Gasteiger partial charge in [0.05, 0.1) is 13.2 Å². The molecule has 100 valence electrons. The van der Waals surface area contributed by atoms with Gasteiger partial charge in [0.25, 0.3) is 5.91 Å². The van der Waals surface area contributed by atoms with Crippen molar-refractivity contribution in [1.29, 1.82) is 5.26 Å². The van der Waals surface area contributed by atoms with Crippen molar-refractivity contribution in [3.63, 3.8) is 0 Å². The maximum Gasteiger partial charge on any atom is 0.258 e. The molecule has 6 nitrogen and oxygen atoms in total. The molecule has 0 fully saturated rings. The highest BCUT2D eigenvalue weighted by atomic mass is 16.5. The number of carbonyl (C=O) groups is 2. The smallest absolute Gasteiger partial charge is 0.258 e. The predicted octanol–water partition coefficient (Wildman–Crippen LogP) is 0.916. The molecule has 1 amide bonds. The maximum atomic E-state index is 11.3. The summed E-state index contributed by atoms with van der Waals surface area (Å²) in [6, 6.07) is 6.49. The molecule has 1 N–H and O–H groups in total. The van der Waals surface area contributed by atoms with Gasteiger partial charge in [0.1, 0.15) is 6.54 Å². The van der Waals surface area contributed by atoms with Crippen molar-refractivity contribution in [3.05, 3.63) is 23.8 Å². The predicted molar refractivity (Wildman–Crippen MR) is 67.1 cm³/mol. The summed E-state index contributed by atoms with van der Waals surface area (Å²) in [6.45, 7) is 1.16. The van der Waals surface area contributed by atoms with E-state index in [9.17, 15) is 9.59 Å². The van der Waals surface area contributed by atoms with E-state index in [0.717, 1.165) is 0 Å². The van der Waals surface area contributed by atoms with Crippen molar-refractivity contribution in [3.8, 4) is 17.6 Å². The highest BCUT2D eigenvalue weighted by Gasteiger charge is 2.10. The second-order valence-electron chi connectivity index (χ2n) is 3.65. The molecule has 19 heavy (non-hydrogen) atoms. The van der Waals surface area contributed by atoms with Crippen LogP contribution < -0.4 is 14.8 Å². The minimum atomic E-state index is -0.403. The molecule has 1 aromatic carbocycles. The highest BCUT2D eigenvalue weighted by Crippen LogP contribution is 2.28. The van der Waals surface area contributed by atoms with Crippen LogP contribution in [0.5, 0.6) is 11.5 Å². The van der Waals surface area contributed by atoms with Gasteiger partial charge in [0.15, 0.2) is 23.9 Å². The third kappa shape index (κ3) is 4.32. The van der Waals surface area contributed by atoms with Gasteiger partial charge < -0.3 is 14.8 Å². The number of nitrogens with zero attached hydrogens (tertiary/aromatic N) is 1. The first kappa shape index (κ1) is 14.5. The van der Waals surface area contributed by atoms with Crippen molar-refractivity contribution < 1.29 is 19.1 Å². The number of rotatable bonds is 6. The van der Waals surface area contributed by atoms with Crippen LogP contribution in [0.2, 0.25) is 0 Å². The molecule has 0 unspecified atom stereocenters. The quantitative estimate of drug-likeness (QED) is 0.608. The molecule has 1 rings (SSSR count). The SMILES string of the molecule is COc1cc(C(C)=O)ccc1OCC(=O)NCC#N. The fraction of sp³-hybridized carbons (Fsp3) is 0.308.